The smallest absolute Gasteiger partial charge is 0.269 e. The van der Waals surface area contributed by atoms with Crippen molar-refractivity contribution in [2.75, 3.05) is 26.2 Å². The van der Waals surface area contributed by atoms with Crippen LogP contribution in [-0.2, 0) is 4.79 Å². The number of carbonyl (C=O) groups is 1. The maximum atomic E-state index is 11.9. The zero-order chi connectivity index (χ0) is 14.5. The van der Waals surface area contributed by atoms with Gasteiger partial charge < -0.3 is 15.4 Å². The molecule has 2 rings (SSSR count). The first-order chi connectivity index (χ1) is 9.60. The summed E-state index contributed by atoms with van der Waals surface area (Å²) in [5.74, 6) is 0.733. The predicted molar refractivity (Wildman–Crippen MR) is 72.3 cm³/mol. The van der Waals surface area contributed by atoms with Gasteiger partial charge in [0.1, 0.15) is 5.75 Å². The van der Waals surface area contributed by atoms with Gasteiger partial charge in [0.25, 0.3) is 11.6 Å². The molecular formula is C13H17N3O4. The van der Waals surface area contributed by atoms with Gasteiger partial charge >= 0.3 is 0 Å². The van der Waals surface area contributed by atoms with Gasteiger partial charge in [-0.2, -0.15) is 0 Å². The number of non-ortho nitro benzene ring substituents is 1. The average Bonchev–Trinajstić information content (AvgIpc) is 2.94. The Labute approximate surface area is 116 Å². The van der Waals surface area contributed by atoms with Gasteiger partial charge in [0.05, 0.1) is 4.92 Å². The zero-order valence-electron chi connectivity index (χ0n) is 11.0. The maximum Gasteiger partial charge on any atom is 0.269 e. The van der Waals surface area contributed by atoms with E-state index in [1.54, 1.807) is 4.90 Å². The zero-order valence-corrected chi connectivity index (χ0v) is 11.0. The molecule has 1 amide bonds. The first-order valence-corrected chi connectivity index (χ1v) is 6.45. The summed E-state index contributed by atoms with van der Waals surface area (Å²) in [6, 6.07) is 5.66. The van der Waals surface area contributed by atoms with E-state index in [1.165, 1.54) is 24.3 Å². The van der Waals surface area contributed by atoms with Gasteiger partial charge in [0, 0.05) is 25.2 Å². The third-order valence-electron chi connectivity index (χ3n) is 3.38. The molecule has 2 N–H and O–H groups in total. The Hall–Kier alpha value is -2.15. The summed E-state index contributed by atoms with van der Waals surface area (Å²) in [6.45, 7) is 1.92. The molecular weight excluding hydrogens is 262 g/mol. The number of carbonyl (C=O) groups excluding carboxylic acids is 1. The van der Waals surface area contributed by atoms with Gasteiger partial charge in [-0.15, -0.1) is 0 Å². The fourth-order valence-electron chi connectivity index (χ4n) is 2.15. The largest absolute Gasteiger partial charge is 0.484 e. The highest BCUT2D eigenvalue weighted by Crippen LogP contribution is 2.18. The van der Waals surface area contributed by atoms with Gasteiger partial charge in [-0.25, -0.2) is 0 Å². The van der Waals surface area contributed by atoms with E-state index in [0.29, 0.717) is 31.3 Å². The summed E-state index contributed by atoms with van der Waals surface area (Å²) in [5, 5.41) is 10.5. The summed E-state index contributed by atoms with van der Waals surface area (Å²) in [4.78, 5) is 23.7. The van der Waals surface area contributed by atoms with Crippen molar-refractivity contribution in [1.82, 2.24) is 4.90 Å². The Morgan fingerprint density at radius 3 is 2.70 bits per heavy atom. The van der Waals surface area contributed by atoms with Crippen molar-refractivity contribution in [3.8, 4) is 5.75 Å². The van der Waals surface area contributed by atoms with Crippen molar-refractivity contribution < 1.29 is 14.5 Å². The molecule has 20 heavy (non-hydrogen) atoms. The predicted octanol–water partition coefficient (Wildman–Crippen LogP) is 0.781. The van der Waals surface area contributed by atoms with Crippen LogP contribution in [0.25, 0.3) is 0 Å². The fraction of sp³-hybridized carbons (Fsp3) is 0.462. The van der Waals surface area contributed by atoms with Gasteiger partial charge in [-0.3, -0.25) is 14.9 Å². The molecule has 108 valence electrons. The lowest BCUT2D eigenvalue weighted by Gasteiger charge is -2.16. The molecule has 0 radical (unpaired) electrons. The average molecular weight is 279 g/mol. The number of rotatable bonds is 5. The molecule has 1 aromatic rings. The normalized spacial score (nSPS) is 18.1. The lowest BCUT2D eigenvalue weighted by atomic mass is 10.1. The molecule has 0 bridgehead atoms. The molecule has 0 aromatic heterocycles. The minimum Gasteiger partial charge on any atom is -0.484 e. The SMILES string of the molecule is NCC1CCN(C(=O)COc2ccc([N+](=O)[O-])cc2)C1. The summed E-state index contributed by atoms with van der Waals surface area (Å²) >= 11 is 0. The van der Waals surface area contributed by atoms with E-state index >= 15 is 0 Å². The Morgan fingerprint density at radius 1 is 1.45 bits per heavy atom. The topological polar surface area (TPSA) is 98.7 Å². The lowest BCUT2D eigenvalue weighted by molar-refractivity contribution is -0.384. The maximum absolute atomic E-state index is 11.9. The number of nitro groups is 1. The van der Waals surface area contributed by atoms with Crippen LogP contribution in [0.4, 0.5) is 5.69 Å². The second-order valence-corrected chi connectivity index (χ2v) is 4.77. The van der Waals surface area contributed by atoms with Crippen molar-refractivity contribution in [3.63, 3.8) is 0 Å². The Balaban J connectivity index is 1.83. The Bertz CT molecular complexity index is 489. The molecule has 7 nitrogen and oxygen atoms in total. The Morgan fingerprint density at radius 2 is 2.15 bits per heavy atom. The number of hydrogen-bond donors (Lipinski definition) is 1. The van der Waals surface area contributed by atoms with Crippen LogP contribution in [0.3, 0.4) is 0 Å². The molecule has 0 aliphatic carbocycles. The number of likely N-dealkylation sites (tertiary alicyclic amines) is 1. The summed E-state index contributed by atoms with van der Waals surface area (Å²) in [5.41, 5.74) is 5.57. The van der Waals surface area contributed by atoms with Crippen LogP contribution in [0.1, 0.15) is 6.42 Å². The molecule has 1 atom stereocenters. The van der Waals surface area contributed by atoms with Gasteiger partial charge in [0.2, 0.25) is 0 Å². The molecule has 1 heterocycles. The third kappa shape index (κ3) is 3.45. The monoisotopic (exact) mass is 279 g/mol. The van der Waals surface area contributed by atoms with Crippen molar-refractivity contribution in [2.24, 2.45) is 11.7 Å². The molecule has 1 saturated heterocycles. The number of benzene rings is 1. The number of nitro benzene ring substituents is 1. The van der Waals surface area contributed by atoms with E-state index in [4.69, 9.17) is 10.5 Å². The van der Waals surface area contributed by atoms with E-state index in [2.05, 4.69) is 0 Å². The lowest BCUT2D eigenvalue weighted by Crippen LogP contribution is -2.33. The summed E-state index contributed by atoms with van der Waals surface area (Å²) < 4.78 is 5.34. The van der Waals surface area contributed by atoms with E-state index in [-0.39, 0.29) is 18.2 Å². The first-order valence-electron chi connectivity index (χ1n) is 6.45. The number of ether oxygens (including phenoxy) is 1. The highest BCUT2D eigenvalue weighted by Gasteiger charge is 2.25. The van der Waals surface area contributed by atoms with Crippen molar-refractivity contribution in [2.45, 2.75) is 6.42 Å². The first kappa shape index (κ1) is 14.3. The van der Waals surface area contributed by atoms with Crippen molar-refractivity contribution in [3.05, 3.63) is 34.4 Å². The molecule has 1 unspecified atom stereocenters. The van der Waals surface area contributed by atoms with Crippen LogP contribution in [-0.4, -0.2) is 42.0 Å². The highest BCUT2D eigenvalue weighted by atomic mass is 16.6. The minimum atomic E-state index is -0.480. The third-order valence-corrected chi connectivity index (χ3v) is 3.38. The van der Waals surface area contributed by atoms with Crippen molar-refractivity contribution >= 4 is 11.6 Å². The van der Waals surface area contributed by atoms with Crippen molar-refractivity contribution in [1.29, 1.82) is 0 Å². The minimum absolute atomic E-state index is 0.00555. The van der Waals surface area contributed by atoms with Gasteiger partial charge in [-0.05, 0) is 31.0 Å². The Kier molecular flexibility index (Phi) is 4.52. The number of nitrogens with two attached hydrogens (primary N) is 1. The van der Waals surface area contributed by atoms with Gasteiger partial charge in [0.15, 0.2) is 6.61 Å². The molecule has 1 aromatic carbocycles. The number of nitrogens with zero attached hydrogens (tertiary/aromatic N) is 2. The van der Waals surface area contributed by atoms with E-state index in [1.807, 2.05) is 0 Å². The molecule has 1 aliphatic rings. The van der Waals surface area contributed by atoms with E-state index in [0.717, 1.165) is 6.42 Å². The standard InChI is InChI=1S/C13H17N3O4/c14-7-10-5-6-15(8-10)13(17)9-20-12-3-1-11(2-4-12)16(18)19/h1-4,10H,5-9,14H2. The number of hydrogen-bond acceptors (Lipinski definition) is 5. The molecule has 1 aliphatic heterocycles. The molecule has 0 spiro atoms. The summed E-state index contributed by atoms with van der Waals surface area (Å²) in [6.07, 6.45) is 0.930. The van der Waals surface area contributed by atoms with Crippen LogP contribution in [0, 0.1) is 16.0 Å². The quantitative estimate of drug-likeness (QED) is 0.634. The fourth-order valence-corrected chi connectivity index (χ4v) is 2.15. The van der Waals surface area contributed by atoms with E-state index in [9.17, 15) is 14.9 Å². The van der Waals surface area contributed by atoms with Crippen LogP contribution < -0.4 is 10.5 Å². The van der Waals surface area contributed by atoms with Crippen LogP contribution in [0.15, 0.2) is 24.3 Å². The molecule has 7 heteroatoms. The molecule has 1 fully saturated rings. The van der Waals surface area contributed by atoms with Crippen LogP contribution >= 0.6 is 0 Å². The second-order valence-electron chi connectivity index (χ2n) is 4.77. The van der Waals surface area contributed by atoms with Crippen LogP contribution in [0.2, 0.25) is 0 Å². The summed E-state index contributed by atoms with van der Waals surface area (Å²) in [7, 11) is 0. The number of amides is 1. The molecule has 0 saturated carbocycles. The highest BCUT2D eigenvalue weighted by molar-refractivity contribution is 5.78. The van der Waals surface area contributed by atoms with Crippen LogP contribution in [0.5, 0.6) is 5.75 Å². The van der Waals surface area contributed by atoms with Gasteiger partial charge in [-0.1, -0.05) is 0 Å². The van der Waals surface area contributed by atoms with E-state index < -0.39 is 4.92 Å². The second kappa shape index (κ2) is 6.33.